The zero-order valence-corrected chi connectivity index (χ0v) is 5.93. The van der Waals surface area contributed by atoms with Crippen LogP contribution in [0.2, 0.25) is 0 Å². The van der Waals surface area contributed by atoms with Crippen LogP contribution in [0.4, 0.5) is 0 Å². The van der Waals surface area contributed by atoms with Crippen LogP contribution in [0.1, 0.15) is 0 Å². The summed E-state index contributed by atoms with van der Waals surface area (Å²) in [6.07, 6.45) is 4.99. The summed E-state index contributed by atoms with van der Waals surface area (Å²) in [6, 6.07) is 0. The van der Waals surface area contributed by atoms with Gasteiger partial charge >= 0.3 is 0 Å². The van der Waals surface area contributed by atoms with Gasteiger partial charge in [-0.05, 0) is 0 Å². The fourth-order valence-electron chi connectivity index (χ4n) is 0.799. The number of rotatable bonds is 2. The fourth-order valence-corrected chi connectivity index (χ4v) is 0.799. The molecular formula is C7H8N2O2. The molecule has 58 valence electrons. The molecule has 2 rings (SSSR count). The van der Waals surface area contributed by atoms with E-state index in [0.29, 0.717) is 19.1 Å². The van der Waals surface area contributed by atoms with Crippen LogP contribution in [0.3, 0.4) is 0 Å². The molecular weight excluding hydrogens is 144 g/mol. The van der Waals surface area contributed by atoms with E-state index in [1.807, 2.05) is 0 Å². The van der Waals surface area contributed by atoms with Gasteiger partial charge in [0.2, 0.25) is 5.88 Å². The van der Waals surface area contributed by atoms with Crippen LogP contribution >= 0.6 is 0 Å². The van der Waals surface area contributed by atoms with Crippen molar-refractivity contribution in [1.82, 2.24) is 9.97 Å². The largest absolute Gasteiger partial charge is 0.468 e. The summed E-state index contributed by atoms with van der Waals surface area (Å²) in [5.41, 5.74) is 0. The molecule has 0 aliphatic carbocycles. The molecule has 11 heavy (non-hydrogen) atoms. The highest BCUT2D eigenvalue weighted by Crippen LogP contribution is 2.10. The van der Waals surface area contributed by atoms with Crippen molar-refractivity contribution in [2.45, 2.75) is 6.10 Å². The Morgan fingerprint density at radius 3 is 2.91 bits per heavy atom. The summed E-state index contributed by atoms with van der Waals surface area (Å²) in [4.78, 5) is 7.83. The standard InChI is InChI=1S/C7H8N2O2/c1-2-9-7(3-8-1)11-6-4-10-5-6/h1-3,6H,4-5H2. The third kappa shape index (κ3) is 1.46. The topological polar surface area (TPSA) is 44.2 Å². The van der Waals surface area contributed by atoms with Crippen molar-refractivity contribution in [3.63, 3.8) is 0 Å². The van der Waals surface area contributed by atoms with E-state index < -0.39 is 0 Å². The van der Waals surface area contributed by atoms with Gasteiger partial charge in [0.1, 0.15) is 6.10 Å². The van der Waals surface area contributed by atoms with Gasteiger partial charge in [-0.2, -0.15) is 0 Å². The quantitative estimate of drug-likeness (QED) is 0.609. The van der Waals surface area contributed by atoms with Crippen LogP contribution in [0.15, 0.2) is 18.6 Å². The second-order valence-corrected chi connectivity index (χ2v) is 2.32. The smallest absolute Gasteiger partial charge is 0.232 e. The minimum absolute atomic E-state index is 0.173. The van der Waals surface area contributed by atoms with E-state index in [1.165, 1.54) is 0 Å². The summed E-state index contributed by atoms with van der Waals surface area (Å²) in [5, 5.41) is 0. The summed E-state index contributed by atoms with van der Waals surface area (Å²) in [7, 11) is 0. The molecule has 0 radical (unpaired) electrons. The zero-order chi connectivity index (χ0) is 7.52. The van der Waals surface area contributed by atoms with E-state index in [0.717, 1.165) is 0 Å². The first kappa shape index (κ1) is 6.54. The van der Waals surface area contributed by atoms with Gasteiger partial charge in [-0.3, -0.25) is 4.98 Å². The van der Waals surface area contributed by atoms with Gasteiger partial charge in [-0.25, -0.2) is 4.98 Å². The fraction of sp³-hybridized carbons (Fsp3) is 0.429. The lowest BCUT2D eigenvalue weighted by Gasteiger charge is -2.25. The Bertz CT molecular complexity index is 223. The van der Waals surface area contributed by atoms with Gasteiger partial charge in [0.15, 0.2) is 0 Å². The molecule has 0 N–H and O–H groups in total. The van der Waals surface area contributed by atoms with Crippen molar-refractivity contribution in [2.75, 3.05) is 13.2 Å². The van der Waals surface area contributed by atoms with Gasteiger partial charge in [0.25, 0.3) is 0 Å². The highest BCUT2D eigenvalue weighted by atomic mass is 16.6. The first-order valence-corrected chi connectivity index (χ1v) is 3.45. The lowest BCUT2D eigenvalue weighted by atomic mass is 10.3. The number of ether oxygens (including phenoxy) is 2. The Morgan fingerprint density at radius 2 is 2.36 bits per heavy atom. The summed E-state index contributed by atoms with van der Waals surface area (Å²) < 4.78 is 10.3. The second kappa shape index (κ2) is 2.84. The minimum atomic E-state index is 0.173. The average molecular weight is 152 g/mol. The molecule has 0 amide bonds. The molecule has 1 aromatic heterocycles. The normalized spacial score (nSPS) is 17.5. The molecule has 0 saturated carbocycles. The second-order valence-electron chi connectivity index (χ2n) is 2.32. The maximum absolute atomic E-state index is 5.35. The van der Waals surface area contributed by atoms with Crippen molar-refractivity contribution in [2.24, 2.45) is 0 Å². The zero-order valence-electron chi connectivity index (χ0n) is 5.93. The predicted molar refractivity (Wildman–Crippen MR) is 37.3 cm³/mol. The molecule has 2 heterocycles. The molecule has 4 nitrogen and oxygen atoms in total. The number of hydrogen-bond donors (Lipinski definition) is 0. The van der Waals surface area contributed by atoms with Crippen molar-refractivity contribution in [3.8, 4) is 5.88 Å². The summed E-state index contributed by atoms with van der Waals surface area (Å²) >= 11 is 0. The number of hydrogen-bond acceptors (Lipinski definition) is 4. The first-order chi connectivity index (χ1) is 5.45. The third-order valence-corrected chi connectivity index (χ3v) is 1.43. The SMILES string of the molecule is c1cnc(OC2COC2)cn1. The maximum atomic E-state index is 5.35. The Morgan fingerprint density at radius 1 is 1.45 bits per heavy atom. The summed E-state index contributed by atoms with van der Waals surface area (Å²) in [6.45, 7) is 1.33. The molecule has 1 aromatic rings. The van der Waals surface area contributed by atoms with E-state index >= 15 is 0 Å². The Labute approximate surface area is 64.2 Å². The minimum Gasteiger partial charge on any atom is -0.468 e. The van der Waals surface area contributed by atoms with Gasteiger partial charge in [-0.15, -0.1) is 0 Å². The molecule has 1 saturated heterocycles. The van der Waals surface area contributed by atoms with Crippen LogP contribution in [-0.4, -0.2) is 29.3 Å². The highest BCUT2D eigenvalue weighted by molar-refractivity contribution is 5.02. The van der Waals surface area contributed by atoms with E-state index in [2.05, 4.69) is 9.97 Å². The van der Waals surface area contributed by atoms with Crippen LogP contribution in [0.5, 0.6) is 5.88 Å². The maximum Gasteiger partial charge on any atom is 0.232 e. The lowest BCUT2D eigenvalue weighted by molar-refractivity contribution is -0.0814. The van der Waals surface area contributed by atoms with Gasteiger partial charge in [0.05, 0.1) is 19.4 Å². The number of aromatic nitrogens is 2. The molecule has 4 heteroatoms. The van der Waals surface area contributed by atoms with E-state index in [1.54, 1.807) is 18.6 Å². The summed E-state index contributed by atoms with van der Waals surface area (Å²) in [5.74, 6) is 0.570. The Kier molecular flexibility index (Phi) is 1.69. The van der Waals surface area contributed by atoms with E-state index in [4.69, 9.17) is 9.47 Å². The molecule has 1 fully saturated rings. The van der Waals surface area contributed by atoms with Crippen LogP contribution in [0, 0.1) is 0 Å². The van der Waals surface area contributed by atoms with E-state index in [9.17, 15) is 0 Å². The molecule has 0 aromatic carbocycles. The van der Waals surface area contributed by atoms with Crippen molar-refractivity contribution in [1.29, 1.82) is 0 Å². The average Bonchev–Trinajstić information content (AvgIpc) is 1.99. The highest BCUT2D eigenvalue weighted by Gasteiger charge is 2.20. The first-order valence-electron chi connectivity index (χ1n) is 3.45. The Hall–Kier alpha value is -1.16. The molecule has 0 unspecified atom stereocenters. The predicted octanol–water partition coefficient (Wildman–Crippen LogP) is 0.254. The number of nitrogens with zero attached hydrogens (tertiary/aromatic N) is 2. The van der Waals surface area contributed by atoms with Gasteiger partial charge in [-0.1, -0.05) is 0 Å². The molecule has 0 atom stereocenters. The van der Waals surface area contributed by atoms with Crippen molar-refractivity contribution >= 4 is 0 Å². The third-order valence-electron chi connectivity index (χ3n) is 1.43. The van der Waals surface area contributed by atoms with Crippen molar-refractivity contribution in [3.05, 3.63) is 18.6 Å². The monoisotopic (exact) mass is 152 g/mol. The van der Waals surface area contributed by atoms with Crippen LogP contribution in [0.25, 0.3) is 0 Å². The van der Waals surface area contributed by atoms with Crippen LogP contribution < -0.4 is 4.74 Å². The van der Waals surface area contributed by atoms with Gasteiger partial charge in [0, 0.05) is 12.4 Å². The molecule has 0 spiro atoms. The lowest BCUT2D eigenvalue weighted by Crippen LogP contribution is -2.38. The van der Waals surface area contributed by atoms with Crippen LogP contribution in [-0.2, 0) is 4.74 Å². The Balaban J connectivity index is 1.95. The van der Waals surface area contributed by atoms with Crippen molar-refractivity contribution < 1.29 is 9.47 Å². The molecule has 0 bridgehead atoms. The van der Waals surface area contributed by atoms with E-state index in [-0.39, 0.29) is 6.10 Å². The molecule has 1 aliphatic heterocycles. The molecule has 1 aliphatic rings. The van der Waals surface area contributed by atoms with Gasteiger partial charge < -0.3 is 9.47 Å².